The summed E-state index contributed by atoms with van der Waals surface area (Å²) in [6.45, 7) is 0. The molecule has 0 fully saturated rings. The number of carboxylic acid groups (broad SMARTS) is 1. The Bertz CT molecular complexity index is 395. The minimum atomic E-state index is -1.10. The smallest absolute Gasteiger partial charge is 0.325 e. The molecule has 15 heavy (non-hydrogen) atoms. The van der Waals surface area contributed by atoms with Crippen LogP contribution in [0.1, 0.15) is 11.6 Å². The van der Waals surface area contributed by atoms with Gasteiger partial charge in [-0.25, -0.2) is 0 Å². The molecule has 0 heterocycles. The van der Waals surface area contributed by atoms with Crippen molar-refractivity contribution in [2.75, 3.05) is 7.11 Å². The topological polar surface area (TPSA) is 72.5 Å². The lowest BCUT2D eigenvalue weighted by atomic mass is 10.1. The number of hydrogen-bond donors (Lipinski definition) is 2. The van der Waals surface area contributed by atoms with E-state index in [-0.39, 0.29) is 0 Å². The molecule has 82 valence electrons. The van der Waals surface area contributed by atoms with Gasteiger partial charge in [0.1, 0.15) is 11.8 Å². The van der Waals surface area contributed by atoms with Crippen LogP contribution in [0.25, 0.3) is 0 Å². The van der Waals surface area contributed by atoms with Crippen LogP contribution in [0.3, 0.4) is 0 Å². The van der Waals surface area contributed by atoms with Crippen LogP contribution in [0.5, 0.6) is 5.75 Å². The van der Waals surface area contributed by atoms with E-state index in [1.807, 2.05) is 0 Å². The number of hydrogen-bond acceptors (Lipinski definition) is 3. The fourth-order valence-electron chi connectivity index (χ4n) is 1.16. The van der Waals surface area contributed by atoms with Gasteiger partial charge in [0.05, 0.1) is 11.6 Å². The van der Waals surface area contributed by atoms with E-state index in [1.165, 1.54) is 7.11 Å². The van der Waals surface area contributed by atoms with Crippen LogP contribution >= 0.6 is 31.9 Å². The van der Waals surface area contributed by atoms with Crippen LogP contribution in [-0.4, -0.2) is 18.2 Å². The van der Waals surface area contributed by atoms with Crippen LogP contribution in [0.15, 0.2) is 21.1 Å². The Balaban J connectivity index is 3.32. The van der Waals surface area contributed by atoms with Crippen LogP contribution in [0.4, 0.5) is 0 Å². The van der Waals surface area contributed by atoms with Gasteiger partial charge in [-0.15, -0.1) is 0 Å². The third-order valence-corrected chi connectivity index (χ3v) is 2.89. The number of methoxy groups -OCH3 is 1. The molecule has 0 radical (unpaired) electrons. The van der Waals surface area contributed by atoms with Gasteiger partial charge >= 0.3 is 5.97 Å². The van der Waals surface area contributed by atoms with Crippen molar-refractivity contribution < 1.29 is 14.6 Å². The highest BCUT2D eigenvalue weighted by Gasteiger charge is 2.21. The first-order chi connectivity index (χ1) is 6.97. The Morgan fingerprint density at radius 3 is 2.60 bits per heavy atom. The molecule has 0 aromatic heterocycles. The van der Waals surface area contributed by atoms with Crippen molar-refractivity contribution >= 4 is 37.8 Å². The van der Waals surface area contributed by atoms with Gasteiger partial charge in [-0.05, 0) is 28.1 Å². The molecular formula is C9H9Br2NO3. The van der Waals surface area contributed by atoms with Crippen LogP contribution in [-0.2, 0) is 4.79 Å². The molecule has 1 rings (SSSR count). The lowest BCUT2D eigenvalue weighted by Crippen LogP contribution is -2.21. The Morgan fingerprint density at radius 1 is 1.53 bits per heavy atom. The predicted octanol–water partition coefficient (Wildman–Crippen LogP) is 2.30. The summed E-state index contributed by atoms with van der Waals surface area (Å²) in [4.78, 5) is 10.8. The molecule has 0 spiro atoms. The van der Waals surface area contributed by atoms with Gasteiger partial charge in [0, 0.05) is 10.0 Å². The van der Waals surface area contributed by atoms with E-state index in [9.17, 15) is 4.79 Å². The molecule has 0 aliphatic heterocycles. The minimum Gasteiger partial charge on any atom is -0.495 e. The largest absolute Gasteiger partial charge is 0.495 e. The quantitative estimate of drug-likeness (QED) is 0.887. The molecule has 0 aliphatic carbocycles. The predicted molar refractivity (Wildman–Crippen MR) is 63.0 cm³/mol. The van der Waals surface area contributed by atoms with E-state index < -0.39 is 12.0 Å². The molecule has 0 amide bonds. The van der Waals surface area contributed by atoms with Crippen molar-refractivity contribution in [3.8, 4) is 5.75 Å². The number of rotatable bonds is 3. The maximum Gasteiger partial charge on any atom is 0.325 e. The fourth-order valence-corrected chi connectivity index (χ4v) is 2.58. The average molecular weight is 339 g/mol. The third-order valence-electron chi connectivity index (χ3n) is 1.84. The number of ether oxygens (including phenoxy) is 1. The van der Waals surface area contributed by atoms with Crippen LogP contribution in [0.2, 0.25) is 0 Å². The molecule has 4 nitrogen and oxygen atoms in total. The number of carbonyl (C=O) groups is 1. The normalized spacial score (nSPS) is 12.3. The first kappa shape index (κ1) is 12.5. The second-order valence-corrected chi connectivity index (χ2v) is 4.60. The lowest BCUT2D eigenvalue weighted by molar-refractivity contribution is -0.138. The highest BCUT2D eigenvalue weighted by Crippen LogP contribution is 2.35. The second kappa shape index (κ2) is 4.96. The second-order valence-electron chi connectivity index (χ2n) is 2.83. The van der Waals surface area contributed by atoms with E-state index >= 15 is 0 Å². The summed E-state index contributed by atoms with van der Waals surface area (Å²) in [5.41, 5.74) is 5.95. The monoisotopic (exact) mass is 337 g/mol. The molecule has 0 aliphatic rings. The summed E-state index contributed by atoms with van der Waals surface area (Å²) in [6.07, 6.45) is 0. The maximum absolute atomic E-state index is 10.8. The van der Waals surface area contributed by atoms with Gasteiger partial charge in [0.2, 0.25) is 0 Å². The summed E-state index contributed by atoms with van der Waals surface area (Å²) in [6, 6.07) is 2.29. The maximum atomic E-state index is 10.8. The van der Waals surface area contributed by atoms with Crippen LogP contribution in [0, 0.1) is 0 Å². The zero-order valence-electron chi connectivity index (χ0n) is 7.83. The van der Waals surface area contributed by atoms with Crippen molar-refractivity contribution in [2.45, 2.75) is 6.04 Å². The van der Waals surface area contributed by atoms with E-state index in [0.717, 1.165) is 4.47 Å². The molecule has 0 saturated carbocycles. The van der Waals surface area contributed by atoms with Crippen molar-refractivity contribution in [1.82, 2.24) is 0 Å². The summed E-state index contributed by atoms with van der Waals surface area (Å²) >= 11 is 6.53. The average Bonchev–Trinajstić information content (AvgIpc) is 2.15. The standard InChI is InChI=1S/C9H9Br2NO3/c1-15-8-5(7(12)9(13)14)2-4(10)3-6(8)11/h2-3,7H,12H2,1H3,(H,13,14)/t7-/m0/s1. The minimum absolute atomic E-state index is 0.422. The van der Waals surface area contributed by atoms with Crippen molar-refractivity contribution in [3.05, 3.63) is 26.6 Å². The SMILES string of the molecule is COc1c(Br)cc(Br)cc1[C@H](N)C(=O)O. The lowest BCUT2D eigenvalue weighted by Gasteiger charge is -2.14. The summed E-state index contributed by atoms with van der Waals surface area (Å²) < 4.78 is 6.49. The molecule has 0 bridgehead atoms. The van der Waals surface area contributed by atoms with Gasteiger partial charge in [0.25, 0.3) is 0 Å². The number of aliphatic carboxylic acids is 1. The van der Waals surface area contributed by atoms with Crippen LogP contribution < -0.4 is 10.5 Å². The Morgan fingerprint density at radius 2 is 2.13 bits per heavy atom. The third kappa shape index (κ3) is 2.70. The molecule has 3 N–H and O–H groups in total. The van der Waals surface area contributed by atoms with Gasteiger partial charge in [-0.1, -0.05) is 15.9 Å². The molecule has 1 atom stereocenters. The number of carboxylic acids is 1. The molecule has 1 aromatic rings. The van der Waals surface area contributed by atoms with Gasteiger partial charge in [-0.2, -0.15) is 0 Å². The summed E-state index contributed by atoms with van der Waals surface area (Å²) in [5, 5.41) is 8.83. The first-order valence-electron chi connectivity index (χ1n) is 3.98. The van der Waals surface area contributed by atoms with Crippen molar-refractivity contribution in [3.63, 3.8) is 0 Å². The van der Waals surface area contributed by atoms with Gasteiger partial charge < -0.3 is 15.6 Å². The summed E-state index contributed by atoms with van der Waals surface area (Å²) in [5.74, 6) is -0.661. The number of benzene rings is 1. The highest BCUT2D eigenvalue weighted by atomic mass is 79.9. The molecule has 0 unspecified atom stereocenters. The van der Waals surface area contributed by atoms with E-state index in [4.69, 9.17) is 15.6 Å². The Kier molecular flexibility index (Phi) is 4.12. The van der Waals surface area contributed by atoms with Gasteiger partial charge in [-0.3, -0.25) is 4.79 Å². The highest BCUT2D eigenvalue weighted by molar-refractivity contribution is 9.11. The zero-order chi connectivity index (χ0) is 11.6. The Hall–Kier alpha value is -0.590. The number of halogens is 2. The summed E-state index contributed by atoms with van der Waals surface area (Å²) in [7, 11) is 1.46. The number of nitrogens with two attached hydrogens (primary N) is 1. The van der Waals surface area contributed by atoms with Crippen molar-refractivity contribution in [1.29, 1.82) is 0 Å². The molecular weight excluding hydrogens is 330 g/mol. The zero-order valence-corrected chi connectivity index (χ0v) is 11.0. The van der Waals surface area contributed by atoms with Crippen molar-refractivity contribution in [2.24, 2.45) is 5.73 Å². The molecule has 6 heteroatoms. The van der Waals surface area contributed by atoms with Gasteiger partial charge in [0.15, 0.2) is 0 Å². The molecule has 1 aromatic carbocycles. The molecule has 0 saturated heterocycles. The fraction of sp³-hybridized carbons (Fsp3) is 0.222. The Labute approximate surface area is 104 Å². The van der Waals surface area contributed by atoms with E-state index in [2.05, 4.69) is 31.9 Å². The van der Waals surface area contributed by atoms with E-state index in [0.29, 0.717) is 15.8 Å². The van der Waals surface area contributed by atoms with E-state index in [1.54, 1.807) is 12.1 Å². The first-order valence-corrected chi connectivity index (χ1v) is 5.57.